The minimum atomic E-state index is -0.236. The van der Waals surface area contributed by atoms with Gasteiger partial charge in [0.2, 0.25) is 0 Å². The molecule has 1 aliphatic heterocycles. The molecule has 1 fully saturated rings. The zero-order valence-corrected chi connectivity index (χ0v) is 15.3. The topological polar surface area (TPSA) is 32.8 Å². The van der Waals surface area contributed by atoms with Crippen LogP contribution in [0.1, 0.15) is 0 Å². The summed E-state index contributed by atoms with van der Waals surface area (Å²) in [5.74, 6) is 0.460. The predicted molar refractivity (Wildman–Crippen MR) is 99.8 cm³/mol. The largest absolute Gasteiger partial charge is 0.484 e. The molecule has 0 spiro atoms. The highest BCUT2D eigenvalue weighted by Crippen LogP contribution is 2.17. The van der Waals surface area contributed by atoms with Crippen molar-refractivity contribution in [3.05, 3.63) is 57.9 Å². The number of carbonyl (C=O) groups excluding carboxylic acids is 1. The standard InChI is InChI=1S/C18H18FIN2O2/c19-14-1-5-16(6-2-14)21-9-11-22(12-10-21)18(23)13-24-17-7-3-15(20)4-8-17/h1-8H,9-13H2. The van der Waals surface area contributed by atoms with E-state index in [9.17, 15) is 9.18 Å². The average Bonchev–Trinajstić information content (AvgIpc) is 2.62. The molecular formula is C18H18FIN2O2. The van der Waals surface area contributed by atoms with Crippen molar-refractivity contribution in [1.82, 2.24) is 4.90 Å². The molecule has 0 atom stereocenters. The normalized spacial score (nSPS) is 14.6. The third-order valence-electron chi connectivity index (χ3n) is 4.00. The Morgan fingerprint density at radius 3 is 2.25 bits per heavy atom. The molecule has 0 unspecified atom stereocenters. The summed E-state index contributed by atoms with van der Waals surface area (Å²) in [6, 6.07) is 14.1. The first kappa shape index (κ1) is 17.0. The molecule has 2 aromatic rings. The van der Waals surface area contributed by atoms with Gasteiger partial charge >= 0.3 is 0 Å². The van der Waals surface area contributed by atoms with Gasteiger partial charge in [0.15, 0.2) is 6.61 Å². The van der Waals surface area contributed by atoms with Gasteiger partial charge in [0.25, 0.3) is 5.91 Å². The van der Waals surface area contributed by atoms with E-state index < -0.39 is 0 Å². The molecule has 3 rings (SSSR count). The van der Waals surface area contributed by atoms with E-state index in [1.807, 2.05) is 29.2 Å². The number of rotatable bonds is 4. The molecule has 24 heavy (non-hydrogen) atoms. The van der Waals surface area contributed by atoms with Crippen LogP contribution in [0.2, 0.25) is 0 Å². The van der Waals surface area contributed by atoms with Crippen LogP contribution in [0.3, 0.4) is 0 Å². The number of halogens is 2. The lowest BCUT2D eigenvalue weighted by Gasteiger charge is -2.36. The van der Waals surface area contributed by atoms with E-state index >= 15 is 0 Å². The Bertz CT molecular complexity index is 683. The summed E-state index contributed by atoms with van der Waals surface area (Å²) in [6.45, 7) is 2.82. The summed E-state index contributed by atoms with van der Waals surface area (Å²) in [5.41, 5.74) is 0.985. The molecule has 126 valence electrons. The Hall–Kier alpha value is -1.83. The fourth-order valence-electron chi connectivity index (χ4n) is 2.63. The van der Waals surface area contributed by atoms with E-state index in [-0.39, 0.29) is 18.3 Å². The molecular weight excluding hydrogens is 422 g/mol. The zero-order valence-electron chi connectivity index (χ0n) is 13.1. The van der Waals surface area contributed by atoms with Crippen LogP contribution in [-0.2, 0) is 4.79 Å². The predicted octanol–water partition coefficient (Wildman–Crippen LogP) is 3.16. The second-order valence-electron chi connectivity index (χ2n) is 5.59. The highest BCUT2D eigenvalue weighted by Gasteiger charge is 2.21. The number of amides is 1. The van der Waals surface area contributed by atoms with Crippen molar-refractivity contribution < 1.29 is 13.9 Å². The molecule has 0 saturated carbocycles. The zero-order chi connectivity index (χ0) is 16.9. The molecule has 2 aromatic carbocycles. The van der Waals surface area contributed by atoms with E-state index in [1.54, 1.807) is 12.1 Å². The van der Waals surface area contributed by atoms with Crippen LogP contribution in [0.25, 0.3) is 0 Å². The lowest BCUT2D eigenvalue weighted by molar-refractivity contribution is -0.133. The number of hydrogen-bond donors (Lipinski definition) is 0. The number of piperazine rings is 1. The Balaban J connectivity index is 1.48. The fraction of sp³-hybridized carbons (Fsp3) is 0.278. The first-order valence-electron chi connectivity index (χ1n) is 7.78. The van der Waals surface area contributed by atoms with Crippen LogP contribution in [-0.4, -0.2) is 43.6 Å². The minimum absolute atomic E-state index is 0.00712. The second kappa shape index (κ2) is 7.83. The van der Waals surface area contributed by atoms with Crippen LogP contribution in [0.15, 0.2) is 48.5 Å². The number of benzene rings is 2. The van der Waals surface area contributed by atoms with Gasteiger partial charge < -0.3 is 14.5 Å². The van der Waals surface area contributed by atoms with Gasteiger partial charge in [-0.1, -0.05) is 0 Å². The molecule has 1 amide bonds. The minimum Gasteiger partial charge on any atom is -0.484 e. The Kier molecular flexibility index (Phi) is 5.55. The number of nitrogens with zero attached hydrogens (tertiary/aromatic N) is 2. The smallest absolute Gasteiger partial charge is 0.260 e. The van der Waals surface area contributed by atoms with Crippen LogP contribution >= 0.6 is 22.6 Å². The molecule has 0 aromatic heterocycles. The molecule has 0 bridgehead atoms. The van der Waals surface area contributed by atoms with Crippen LogP contribution < -0.4 is 9.64 Å². The van der Waals surface area contributed by atoms with Gasteiger partial charge in [-0.3, -0.25) is 4.79 Å². The maximum Gasteiger partial charge on any atom is 0.260 e. The van der Waals surface area contributed by atoms with E-state index in [2.05, 4.69) is 27.5 Å². The van der Waals surface area contributed by atoms with Gasteiger partial charge in [0, 0.05) is 35.4 Å². The van der Waals surface area contributed by atoms with Crippen LogP contribution in [0.5, 0.6) is 5.75 Å². The van der Waals surface area contributed by atoms with Crippen molar-refractivity contribution >= 4 is 34.2 Å². The maximum atomic E-state index is 13.0. The SMILES string of the molecule is O=C(COc1ccc(I)cc1)N1CCN(c2ccc(F)cc2)CC1. The molecule has 0 aliphatic carbocycles. The van der Waals surface area contributed by atoms with Gasteiger partial charge in [-0.05, 0) is 71.1 Å². The van der Waals surface area contributed by atoms with Crippen LogP contribution in [0.4, 0.5) is 10.1 Å². The third-order valence-corrected chi connectivity index (χ3v) is 4.72. The summed E-state index contributed by atoms with van der Waals surface area (Å²) in [6.07, 6.45) is 0. The van der Waals surface area contributed by atoms with Crippen molar-refractivity contribution in [2.45, 2.75) is 0 Å². The molecule has 4 nitrogen and oxygen atoms in total. The van der Waals surface area contributed by atoms with Crippen molar-refractivity contribution in [3.63, 3.8) is 0 Å². The van der Waals surface area contributed by atoms with Crippen molar-refractivity contribution in [2.24, 2.45) is 0 Å². The van der Waals surface area contributed by atoms with E-state index in [4.69, 9.17) is 4.74 Å². The summed E-state index contributed by atoms with van der Waals surface area (Å²) >= 11 is 2.23. The maximum absolute atomic E-state index is 13.0. The first-order valence-corrected chi connectivity index (χ1v) is 8.86. The second-order valence-corrected chi connectivity index (χ2v) is 6.83. The molecule has 0 radical (unpaired) electrons. The van der Waals surface area contributed by atoms with Crippen molar-refractivity contribution in [1.29, 1.82) is 0 Å². The molecule has 6 heteroatoms. The summed E-state index contributed by atoms with van der Waals surface area (Å²) in [5, 5.41) is 0. The Labute approximate surface area is 154 Å². The molecule has 1 saturated heterocycles. The highest BCUT2D eigenvalue weighted by atomic mass is 127. The summed E-state index contributed by atoms with van der Waals surface area (Å²) < 4.78 is 19.7. The van der Waals surface area contributed by atoms with Crippen molar-refractivity contribution in [3.8, 4) is 5.75 Å². The molecule has 0 N–H and O–H groups in total. The lowest BCUT2D eigenvalue weighted by Crippen LogP contribution is -2.50. The van der Waals surface area contributed by atoms with E-state index in [1.165, 1.54) is 12.1 Å². The Morgan fingerprint density at radius 1 is 1.00 bits per heavy atom. The van der Waals surface area contributed by atoms with E-state index in [0.717, 1.165) is 22.3 Å². The molecule has 1 aliphatic rings. The third kappa shape index (κ3) is 4.37. The van der Waals surface area contributed by atoms with Gasteiger partial charge in [-0.2, -0.15) is 0 Å². The Morgan fingerprint density at radius 2 is 1.62 bits per heavy atom. The number of carbonyl (C=O) groups is 1. The fourth-order valence-corrected chi connectivity index (χ4v) is 2.99. The number of anilines is 1. The first-order chi connectivity index (χ1) is 11.6. The summed E-state index contributed by atoms with van der Waals surface area (Å²) in [7, 11) is 0. The highest BCUT2D eigenvalue weighted by molar-refractivity contribution is 14.1. The molecule has 1 heterocycles. The van der Waals surface area contributed by atoms with Gasteiger partial charge in [-0.15, -0.1) is 0 Å². The van der Waals surface area contributed by atoms with Crippen LogP contribution in [0, 0.1) is 9.39 Å². The summed E-state index contributed by atoms with van der Waals surface area (Å²) in [4.78, 5) is 16.2. The van der Waals surface area contributed by atoms with Gasteiger partial charge in [-0.25, -0.2) is 4.39 Å². The number of ether oxygens (including phenoxy) is 1. The van der Waals surface area contributed by atoms with Gasteiger partial charge in [0.05, 0.1) is 0 Å². The lowest BCUT2D eigenvalue weighted by atomic mass is 10.2. The number of hydrogen-bond acceptors (Lipinski definition) is 3. The van der Waals surface area contributed by atoms with Crippen molar-refractivity contribution in [2.75, 3.05) is 37.7 Å². The monoisotopic (exact) mass is 440 g/mol. The quantitative estimate of drug-likeness (QED) is 0.686. The van der Waals surface area contributed by atoms with Gasteiger partial charge in [0.1, 0.15) is 11.6 Å². The average molecular weight is 440 g/mol. The van der Waals surface area contributed by atoms with E-state index in [0.29, 0.717) is 18.8 Å².